The molecule has 2 aliphatic heterocycles. The number of hydrogen-bond donors (Lipinski definition) is 0. The molecule has 0 bridgehead atoms. The van der Waals surface area contributed by atoms with Gasteiger partial charge in [0.2, 0.25) is 0 Å². The van der Waals surface area contributed by atoms with E-state index in [9.17, 15) is 0 Å². The molecule has 0 spiro atoms. The Balaban J connectivity index is 1.20. The molecule has 0 aliphatic carbocycles. The van der Waals surface area contributed by atoms with Crippen molar-refractivity contribution < 1.29 is 9.47 Å². The van der Waals surface area contributed by atoms with E-state index in [2.05, 4.69) is 151 Å². The average Bonchev–Trinajstić information content (AvgIpc) is 3.88. The molecular weight excluding hydrogens is 623 g/mol. The summed E-state index contributed by atoms with van der Waals surface area (Å²) in [7, 11) is 0. The molecule has 5 heteroatoms. The highest BCUT2D eigenvalue weighted by atomic mass is 16.5. The fraction of sp³-hybridized carbons (Fsp3) is 0.0870. The third-order valence-corrected chi connectivity index (χ3v) is 12.0. The van der Waals surface area contributed by atoms with Crippen LogP contribution in [-0.2, 0) is 5.41 Å². The van der Waals surface area contributed by atoms with Gasteiger partial charge in [-0.1, -0.05) is 118 Å². The number of benzene rings is 7. The maximum absolute atomic E-state index is 7.23. The maximum Gasteiger partial charge on any atom is 0.260 e. The van der Waals surface area contributed by atoms with Crippen molar-refractivity contribution in [2.75, 3.05) is 0 Å². The van der Waals surface area contributed by atoms with Crippen LogP contribution in [0.3, 0.4) is 0 Å². The van der Waals surface area contributed by atoms with E-state index in [0.29, 0.717) is 0 Å². The number of nitrogens with zero attached hydrogens (tertiary/aromatic N) is 2. The van der Waals surface area contributed by atoms with Gasteiger partial charge in [-0.25, -0.2) is 0 Å². The first-order valence-corrected chi connectivity index (χ1v) is 17.9. The molecule has 13 rings (SSSR count). The maximum atomic E-state index is 7.23. The Labute approximate surface area is 292 Å². The monoisotopic (exact) mass is 652 g/mol. The minimum atomic E-state index is -0.108. The molecule has 2 aliphatic rings. The van der Waals surface area contributed by atoms with Gasteiger partial charge in [-0.2, -0.15) is 0 Å². The highest BCUT2D eigenvalue weighted by Crippen LogP contribution is 2.48. The van der Waals surface area contributed by atoms with E-state index in [-0.39, 0.29) is 12.1 Å². The molecule has 0 saturated heterocycles. The fourth-order valence-electron chi connectivity index (χ4n) is 9.84. The van der Waals surface area contributed by atoms with Gasteiger partial charge in [0.25, 0.3) is 6.71 Å². The number of aromatic nitrogens is 2. The summed E-state index contributed by atoms with van der Waals surface area (Å²) in [4.78, 5) is 0. The van der Waals surface area contributed by atoms with Crippen LogP contribution in [0.15, 0.2) is 121 Å². The van der Waals surface area contributed by atoms with Gasteiger partial charge in [0, 0.05) is 48.6 Å². The fourth-order valence-corrected chi connectivity index (χ4v) is 9.84. The Bertz CT molecular complexity index is 3150. The van der Waals surface area contributed by atoms with Crippen LogP contribution < -0.4 is 25.9 Å². The van der Waals surface area contributed by atoms with Crippen molar-refractivity contribution in [1.29, 1.82) is 0 Å². The summed E-state index contributed by atoms with van der Waals surface area (Å²) < 4.78 is 19.4. The third kappa shape index (κ3) is 3.00. The zero-order chi connectivity index (χ0) is 33.5. The van der Waals surface area contributed by atoms with Crippen molar-refractivity contribution in [3.05, 3.63) is 127 Å². The lowest BCUT2D eigenvalue weighted by Gasteiger charge is -2.35. The number of para-hydroxylation sites is 4. The van der Waals surface area contributed by atoms with Crippen LogP contribution >= 0.6 is 0 Å². The molecule has 7 aromatic carbocycles. The minimum Gasteiger partial charge on any atom is -0.456 e. The molecule has 0 radical (unpaired) electrons. The molecular formula is C46H29BN2O2. The summed E-state index contributed by atoms with van der Waals surface area (Å²) in [6.45, 7) is 6.73. The van der Waals surface area contributed by atoms with Crippen molar-refractivity contribution >= 4 is 99.3 Å². The predicted octanol–water partition coefficient (Wildman–Crippen LogP) is 10.0. The lowest BCUT2D eigenvalue weighted by atomic mass is 9.34. The van der Waals surface area contributed by atoms with Gasteiger partial charge in [-0.3, -0.25) is 0 Å². The van der Waals surface area contributed by atoms with E-state index in [1.807, 2.05) is 0 Å². The van der Waals surface area contributed by atoms with E-state index in [1.54, 1.807) is 0 Å². The first-order chi connectivity index (χ1) is 25.0. The molecule has 4 nitrogen and oxygen atoms in total. The van der Waals surface area contributed by atoms with Gasteiger partial charge in [-0.05, 0) is 46.2 Å². The van der Waals surface area contributed by atoms with Crippen molar-refractivity contribution in [2.24, 2.45) is 0 Å². The van der Waals surface area contributed by atoms with Crippen molar-refractivity contribution in [2.45, 2.75) is 26.2 Å². The van der Waals surface area contributed by atoms with Crippen LogP contribution in [0.1, 0.15) is 26.3 Å². The summed E-state index contributed by atoms with van der Waals surface area (Å²) in [5.41, 5.74) is 11.7. The molecule has 238 valence electrons. The van der Waals surface area contributed by atoms with Crippen LogP contribution in [0.4, 0.5) is 0 Å². The normalized spacial score (nSPS) is 14.1. The Kier molecular flexibility index (Phi) is 4.47. The van der Waals surface area contributed by atoms with E-state index in [1.165, 1.54) is 81.6 Å². The summed E-state index contributed by atoms with van der Waals surface area (Å²) in [5.74, 6) is 3.64. The number of fused-ring (bicyclic) bond motifs is 18. The second-order valence-corrected chi connectivity index (χ2v) is 15.6. The summed E-state index contributed by atoms with van der Waals surface area (Å²) in [6, 6.07) is 44.8. The second-order valence-electron chi connectivity index (χ2n) is 15.6. The largest absolute Gasteiger partial charge is 0.456 e. The molecule has 0 N–H and O–H groups in total. The number of ether oxygens (including phenoxy) is 2. The van der Waals surface area contributed by atoms with Gasteiger partial charge >= 0.3 is 0 Å². The van der Waals surface area contributed by atoms with Gasteiger partial charge < -0.3 is 18.3 Å². The molecule has 0 unspecified atom stereocenters. The quantitative estimate of drug-likeness (QED) is 0.153. The van der Waals surface area contributed by atoms with E-state index in [0.717, 1.165) is 39.5 Å². The third-order valence-electron chi connectivity index (χ3n) is 12.0. The van der Waals surface area contributed by atoms with E-state index < -0.39 is 0 Å². The predicted molar refractivity (Wildman–Crippen MR) is 212 cm³/mol. The minimum absolute atomic E-state index is 0.0609. The molecule has 11 aromatic rings. The number of rotatable bonds is 0. The molecule has 0 atom stereocenters. The van der Waals surface area contributed by atoms with Crippen LogP contribution in [0, 0.1) is 0 Å². The van der Waals surface area contributed by atoms with E-state index in [4.69, 9.17) is 9.47 Å². The highest BCUT2D eigenvalue weighted by Gasteiger charge is 2.43. The Morgan fingerprint density at radius 1 is 0.451 bits per heavy atom. The standard InChI is InChI=1S/C46H29BN2O2/c1-46(2,3)24-22-37-39-38(23-24)51-45-34(21-19-32-30-15-9-13-28-26-11-5-7-17-36(26)49(41(28)30)43(32)45)47(39)33-20-18-31-29-14-8-12-27-25-10-4-6-16-35(25)48(40(27)29)42(31)44(33)50-37/h4-23H,1-3H3. The van der Waals surface area contributed by atoms with E-state index >= 15 is 0 Å². The Hall–Kier alpha value is -6.20. The van der Waals surface area contributed by atoms with Crippen LogP contribution in [0.5, 0.6) is 23.0 Å². The molecule has 0 fully saturated rings. The molecule has 0 amide bonds. The van der Waals surface area contributed by atoms with Crippen molar-refractivity contribution in [3.63, 3.8) is 0 Å². The topological polar surface area (TPSA) is 27.3 Å². The summed E-state index contributed by atoms with van der Waals surface area (Å²) >= 11 is 0. The number of hydrogen-bond acceptors (Lipinski definition) is 2. The van der Waals surface area contributed by atoms with Crippen LogP contribution in [0.25, 0.3) is 76.2 Å². The Morgan fingerprint density at radius 2 is 0.863 bits per heavy atom. The molecule has 0 saturated carbocycles. The molecule has 4 aromatic heterocycles. The van der Waals surface area contributed by atoms with Crippen LogP contribution in [0.2, 0.25) is 0 Å². The lowest BCUT2D eigenvalue weighted by molar-refractivity contribution is 0.462. The summed E-state index contributed by atoms with van der Waals surface area (Å²) in [5, 5.41) is 10.0. The van der Waals surface area contributed by atoms with Crippen molar-refractivity contribution in [3.8, 4) is 23.0 Å². The first kappa shape index (κ1) is 26.6. The van der Waals surface area contributed by atoms with Gasteiger partial charge in [0.05, 0.1) is 33.1 Å². The Morgan fingerprint density at radius 3 is 1.33 bits per heavy atom. The van der Waals surface area contributed by atoms with Gasteiger partial charge in [0.1, 0.15) is 23.0 Å². The lowest BCUT2D eigenvalue weighted by Crippen LogP contribution is -2.57. The van der Waals surface area contributed by atoms with Gasteiger partial charge in [0.15, 0.2) is 0 Å². The second kappa shape index (κ2) is 8.56. The summed E-state index contributed by atoms with van der Waals surface area (Å²) in [6.07, 6.45) is 0. The zero-order valence-corrected chi connectivity index (χ0v) is 28.3. The molecule has 51 heavy (non-hydrogen) atoms. The SMILES string of the molecule is CC(C)(C)c1cc2c3c(c1)Oc1c(ccc4c5cccc6c7ccccc7n(c14)c65)B3c1ccc3c4cccc5c6ccccc6n(c3c1O2)c54. The van der Waals surface area contributed by atoms with Crippen LogP contribution in [-0.4, -0.2) is 15.5 Å². The molecule has 6 heterocycles. The zero-order valence-electron chi connectivity index (χ0n) is 28.3. The highest BCUT2D eigenvalue weighted by molar-refractivity contribution is 6.98. The first-order valence-electron chi connectivity index (χ1n) is 17.9. The average molecular weight is 653 g/mol. The van der Waals surface area contributed by atoms with Crippen molar-refractivity contribution in [1.82, 2.24) is 8.80 Å². The smallest absolute Gasteiger partial charge is 0.260 e. The van der Waals surface area contributed by atoms with Gasteiger partial charge in [-0.15, -0.1) is 0 Å².